The summed E-state index contributed by atoms with van der Waals surface area (Å²) in [6, 6.07) is 3.12. The number of hydrogen-bond donors (Lipinski definition) is 3. The van der Waals surface area contributed by atoms with E-state index < -0.39 is 0 Å². The van der Waals surface area contributed by atoms with Crippen LogP contribution in [0.3, 0.4) is 0 Å². The standard InChI is InChI=1S/C23H29N9S/c1-13-8-18(30-29-13)26-21-20-17(12-33-22(20)28-23(24)27-21)14-9-15-4-3-5-16(10-14)32(15)11-19-25-6-7-31(19)2/h6-8,12,14-16H,3-5,9-11H2,1-2H3,(H4,24,26,27,28,29,30)/t14-,15-,16+. The molecule has 3 atom stereocenters. The first kappa shape index (κ1) is 20.6. The minimum Gasteiger partial charge on any atom is -0.368 e. The summed E-state index contributed by atoms with van der Waals surface area (Å²) in [7, 11) is 2.09. The fourth-order valence-corrected chi connectivity index (χ4v) is 6.70. The van der Waals surface area contributed by atoms with Gasteiger partial charge in [-0.15, -0.1) is 11.3 Å². The lowest BCUT2D eigenvalue weighted by Crippen LogP contribution is -2.51. The SMILES string of the molecule is Cc1cc(Nc2nc(N)nc3scc([C@@H]4C[C@H]5CCC[C@@H](C4)N5Cc4nccn4C)c23)n[nH]1. The van der Waals surface area contributed by atoms with Gasteiger partial charge in [0.15, 0.2) is 5.82 Å². The van der Waals surface area contributed by atoms with Crippen LogP contribution in [0, 0.1) is 6.92 Å². The summed E-state index contributed by atoms with van der Waals surface area (Å²) in [5, 5.41) is 14.1. The summed E-state index contributed by atoms with van der Waals surface area (Å²) in [6.45, 7) is 2.91. The van der Waals surface area contributed by atoms with E-state index in [2.05, 4.69) is 52.4 Å². The van der Waals surface area contributed by atoms with E-state index in [1.165, 1.54) is 24.8 Å². The number of fused-ring (bicyclic) bond motifs is 3. The third-order valence-corrected chi connectivity index (χ3v) is 8.13. The van der Waals surface area contributed by atoms with Gasteiger partial charge in [0, 0.05) is 43.3 Å². The molecule has 0 radical (unpaired) electrons. The highest BCUT2D eigenvalue weighted by Crippen LogP contribution is 2.46. The van der Waals surface area contributed by atoms with Crippen LogP contribution in [0.4, 0.5) is 17.6 Å². The van der Waals surface area contributed by atoms with Crippen molar-refractivity contribution in [3.8, 4) is 0 Å². The van der Waals surface area contributed by atoms with E-state index in [9.17, 15) is 0 Å². The Hall–Kier alpha value is -2.98. The second-order valence-corrected chi connectivity index (χ2v) is 10.3. The van der Waals surface area contributed by atoms with Crippen LogP contribution in [-0.4, -0.2) is 46.7 Å². The minimum absolute atomic E-state index is 0.285. The van der Waals surface area contributed by atoms with Crippen LogP contribution in [0.5, 0.6) is 0 Å². The fourth-order valence-electron chi connectivity index (χ4n) is 5.68. The quantitative estimate of drug-likeness (QED) is 0.409. The predicted molar refractivity (Wildman–Crippen MR) is 131 cm³/mol. The molecular weight excluding hydrogens is 434 g/mol. The van der Waals surface area contributed by atoms with Gasteiger partial charge in [-0.25, -0.2) is 9.97 Å². The lowest BCUT2D eigenvalue weighted by molar-refractivity contribution is 0.0207. The molecule has 0 aliphatic carbocycles. The average Bonchev–Trinajstić information content (AvgIpc) is 3.48. The minimum atomic E-state index is 0.285. The maximum atomic E-state index is 6.04. The molecule has 2 fully saturated rings. The molecule has 4 aromatic heterocycles. The van der Waals surface area contributed by atoms with Crippen molar-refractivity contribution in [3.63, 3.8) is 0 Å². The van der Waals surface area contributed by atoms with Crippen LogP contribution in [0.1, 0.15) is 55.1 Å². The summed E-state index contributed by atoms with van der Waals surface area (Å²) in [5.41, 5.74) is 8.38. The van der Waals surface area contributed by atoms with E-state index in [0.29, 0.717) is 18.0 Å². The second-order valence-electron chi connectivity index (χ2n) is 9.40. The molecular formula is C23H29N9S. The highest BCUT2D eigenvalue weighted by molar-refractivity contribution is 7.17. The highest BCUT2D eigenvalue weighted by Gasteiger charge is 2.40. The van der Waals surface area contributed by atoms with Crippen LogP contribution < -0.4 is 11.1 Å². The molecule has 2 saturated heterocycles. The van der Waals surface area contributed by atoms with Gasteiger partial charge >= 0.3 is 0 Å². The van der Waals surface area contributed by atoms with E-state index in [1.807, 2.05) is 25.4 Å². The van der Waals surface area contributed by atoms with Gasteiger partial charge in [-0.2, -0.15) is 10.1 Å². The molecule has 4 N–H and O–H groups in total. The molecule has 6 rings (SSSR count). The first-order valence-corrected chi connectivity index (χ1v) is 12.5. The Morgan fingerprint density at radius 3 is 2.76 bits per heavy atom. The zero-order valence-corrected chi connectivity index (χ0v) is 19.8. The van der Waals surface area contributed by atoms with E-state index in [0.717, 1.165) is 52.8 Å². The van der Waals surface area contributed by atoms with Crippen molar-refractivity contribution in [3.05, 3.63) is 40.9 Å². The second kappa shape index (κ2) is 8.11. The molecule has 9 nitrogen and oxygen atoms in total. The number of nitrogens with zero attached hydrogens (tertiary/aromatic N) is 6. The van der Waals surface area contributed by atoms with Crippen molar-refractivity contribution in [2.75, 3.05) is 11.1 Å². The number of anilines is 3. The highest BCUT2D eigenvalue weighted by atomic mass is 32.1. The van der Waals surface area contributed by atoms with Gasteiger partial charge in [0.25, 0.3) is 0 Å². The van der Waals surface area contributed by atoms with Gasteiger partial charge in [0.2, 0.25) is 5.95 Å². The predicted octanol–water partition coefficient (Wildman–Crippen LogP) is 4.08. The average molecular weight is 464 g/mol. The summed E-state index contributed by atoms with van der Waals surface area (Å²) < 4.78 is 2.14. The molecule has 33 heavy (non-hydrogen) atoms. The van der Waals surface area contributed by atoms with Crippen LogP contribution >= 0.6 is 11.3 Å². The molecule has 0 saturated carbocycles. The van der Waals surface area contributed by atoms with E-state index >= 15 is 0 Å². The Bertz CT molecular complexity index is 1270. The summed E-state index contributed by atoms with van der Waals surface area (Å²) >= 11 is 1.66. The number of aromatic amines is 1. The molecule has 10 heteroatoms. The van der Waals surface area contributed by atoms with Gasteiger partial charge in [-0.05, 0) is 49.5 Å². The molecule has 2 aliphatic heterocycles. The Kier molecular flexibility index (Phi) is 5.06. The Labute approximate surface area is 196 Å². The zero-order valence-electron chi connectivity index (χ0n) is 19.0. The lowest BCUT2D eigenvalue weighted by Gasteiger charge is -2.49. The number of rotatable bonds is 5. The van der Waals surface area contributed by atoms with Gasteiger partial charge in [-0.1, -0.05) is 6.42 Å². The zero-order chi connectivity index (χ0) is 22.5. The van der Waals surface area contributed by atoms with Crippen LogP contribution in [0.15, 0.2) is 23.8 Å². The Balaban J connectivity index is 1.32. The summed E-state index contributed by atoms with van der Waals surface area (Å²) in [5.74, 6) is 3.41. The maximum absolute atomic E-state index is 6.04. The molecule has 172 valence electrons. The van der Waals surface area contributed by atoms with Crippen molar-refractivity contribution in [2.24, 2.45) is 7.05 Å². The van der Waals surface area contributed by atoms with Crippen LogP contribution in [-0.2, 0) is 13.6 Å². The normalized spacial score (nSPS) is 23.3. The first-order chi connectivity index (χ1) is 16.0. The Morgan fingerprint density at radius 2 is 2.06 bits per heavy atom. The molecule has 6 heterocycles. The van der Waals surface area contributed by atoms with Crippen molar-refractivity contribution in [1.29, 1.82) is 0 Å². The number of nitrogens with two attached hydrogens (primary N) is 1. The smallest absolute Gasteiger partial charge is 0.223 e. The van der Waals surface area contributed by atoms with Gasteiger partial charge in [-0.3, -0.25) is 10.00 Å². The van der Waals surface area contributed by atoms with Gasteiger partial charge in [0.1, 0.15) is 16.5 Å². The number of hydrogen-bond acceptors (Lipinski definition) is 8. The monoisotopic (exact) mass is 463 g/mol. The lowest BCUT2D eigenvalue weighted by atomic mass is 9.75. The maximum Gasteiger partial charge on any atom is 0.223 e. The summed E-state index contributed by atoms with van der Waals surface area (Å²) in [4.78, 5) is 17.3. The molecule has 2 bridgehead atoms. The van der Waals surface area contributed by atoms with E-state index in [4.69, 9.17) is 5.73 Å². The molecule has 4 aromatic rings. The van der Waals surface area contributed by atoms with Gasteiger partial charge in [0.05, 0.1) is 11.9 Å². The first-order valence-electron chi connectivity index (χ1n) is 11.6. The number of aryl methyl sites for hydroxylation is 2. The van der Waals surface area contributed by atoms with Crippen molar-refractivity contribution < 1.29 is 0 Å². The molecule has 0 unspecified atom stereocenters. The van der Waals surface area contributed by atoms with E-state index in [1.54, 1.807) is 11.3 Å². The molecule has 2 aliphatic rings. The van der Waals surface area contributed by atoms with Crippen molar-refractivity contribution >= 4 is 39.1 Å². The molecule has 0 spiro atoms. The number of aromatic nitrogens is 6. The molecule has 0 amide bonds. The number of thiophene rings is 1. The summed E-state index contributed by atoms with van der Waals surface area (Å²) in [6.07, 6.45) is 10.1. The number of nitrogen functional groups attached to an aromatic ring is 1. The van der Waals surface area contributed by atoms with Gasteiger partial charge < -0.3 is 15.6 Å². The van der Waals surface area contributed by atoms with Crippen molar-refractivity contribution in [1.82, 2.24) is 34.6 Å². The third-order valence-electron chi connectivity index (χ3n) is 7.24. The van der Waals surface area contributed by atoms with E-state index in [-0.39, 0.29) is 5.95 Å². The topological polar surface area (TPSA) is 114 Å². The molecule has 0 aromatic carbocycles. The third kappa shape index (κ3) is 3.76. The van der Waals surface area contributed by atoms with Crippen LogP contribution in [0.25, 0.3) is 10.2 Å². The number of H-pyrrole nitrogens is 1. The fraction of sp³-hybridized carbons (Fsp3) is 0.478. The Morgan fingerprint density at radius 1 is 1.24 bits per heavy atom. The largest absolute Gasteiger partial charge is 0.368 e. The number of piperidine rings is 2. The van der Waals surface area contributed by atoms with Crippen molar-refractivity contribution in [2.45, 2.75) is 63.6 Å². The number of nitrogens with one attached hydrogen (secondary N) is 2. The van der Waals surface area contributed by atoms with Crippen LogP contribution in [0.2, 0.25) is 0 Å². The number of imidazole rings is 1.